The minimum atomic E-state index is -3.60. The number of rotatable bonds is 4. The summed E-state index contributed by atoms with van der Waals surface area (Å²) < 4.78 is 38.0. The lowest BCUT2D eigenvalue weighted by Crippen LogP contribution is -2.32. The molecule has 0 saturated heterocycles. The summed E-state index contributed by atoms with van der Waals surface area (Å²) in [5.74, 6) is -2.53. The molecule has 1 fully saturated rings. The van der Waals surface area contributed by atoms with Crippen molar-refractivity contribution in [2.24, 2.45) is 0 Å². The van der Waals surface area contributed by atoms with E-state index in [0.29, 0.717) is 12.8 Å². The number of benzene rings is 1. The van der Waals surface area contributed by atoms with Gasteiger partial charge in [0.05, 0.1) is 17.0 Å². The summed E-state index contributed by atoms with van der Waals surface area (Å²) in [6.07, 6.45) is 2.35. The number of sulfonamides is 1. The Hall–Kier alpha value is -1.34. The van der Waals surface area contributed by atoms with Crippen molar-refractivity contribution < 1.29 is 22.7 Å². The minimum absolute atomic E-state index is 0.00506. The summed E-state index contributed by atoms with van der Waals surface area (Å²) in [7, 11) is -3.60. The smallest absolute Gasteiger partial charge is 0.340 e. The summed E-state index contributed by atoms with van der Waals surface area (Å²) >= 11 is 5.85. The number of carboxylic acid groups (broad SMARTS) is 1. The van der Waals surface area contributed by atoms with Gasteiger partial charge in [0.1, 0.15) is 11.4 Å². The van der Waals surface area contributed by atoms with Gasteiger partial charge in [0, 0.05) is 6.04 Å². The molecular formula is C11H11ClFNO4S. The van der Waals surface area contributed by atoms with Gasteiger partial charge in [0.25, 0.3) is 0 Å². The van der Waals surface area contributed by atoms with Crippen LogP contribution >= 0.6 is 11.6 Å². The lowest BCUT2D eigenvalue weighted by molar-refractivity contribution is 0.0692. The number of carboxylic acids is 1. The molecule has 0 aromatic heterocycles. The van der Waals surface area contributed by atoms with E-state index in [4.69, 9.17) is 16.7 Å². The lowest BCUT2D eigenvalue weighted by atomic mass is 10.2. The highest BCUT2D eigenvalue weighted by Crippen LogP contribution is 2.39. The average Bonchev–Trinajstić information content (AvgIpc) is 3.03. The van der Waals surface area contributed by atoms with Crippen LogP contribution in [0.2, 0.25) is 5.02 Å². The molecule has 1 saturated carbocycles. The number of anilines is 1. The van der Waals surface area contributed by atoms with Crippen molar-refractivity contribution in [2.75, 3.05) is 10.6 Å². The molecule has 8 heteroatoms. The Balaban J connectivity index is 2.62. The van der Waals surface area contributed by atoms with E-state index < -0.39 is 32.4 Å². The van der Waals surface area contributed by atoms with Crippen LogP contribution < -0.4 is 4.31 Å². The van der Waals surface area contributed by atoms with E-state index in [1.807, 2.05) is 0 Å². The lowest BCUT2D eigenvalue weighted by Gasteiger charge is -2.23. The van der Waals surface area contributed by atoms with E-state index in [1.165, 1.54) is 6.07 Å². The first kappa shape index (κ1) is 14.1. The second-order valence-corrected chi connectivity index (χ2v) is 6.59. The van der Waals surface area contributed by atoms with E-state index in [-0.39, 0.29) is 11.7 Å². The molecule has 1 N–H and O–H groups in total. The molecule has 2 rings (SSSR count). The van der Waals surface area contributed by atoms with Crippen molar-refractivity contribution in [3.05, 3.63) is 28.5 Å². The van der Waals surface area contributed by atoms with Crippen LogP contribution in [0.4, 0.5) is 10.1 Å². The zero-order chi connectivity index (χ0) is 14.4. The molecule has 1 aliphatic carbocycles. The fourth-order valence-electron chi connectivity index (χ4n) is 1.86. The summed E-state index contributed by atoms with van der Waals surface area (Å²) in [6, 6.07) is 1.86. The molecule has 0 heterocycles. The van der Waals surface area contributed by atoms with Crippen LogP contribution in [-0.2, 0) is 10.0 Å². The molecule has 0 radical (unpaired) electrons. The monoisotopic (exact) mass is 307 g/mol. The number of hydrogen-bond donors (Lipinski definition) is 1. The van der Waals surface area contributed by atoms with Crippen LogP contribution in [-0.4, -0.2) is 31.8 Å². The summed E-state index contributed by atoms with van der Waals surface area (Å²) in [6.45, 7) is 0. The van der Waals surface area contributed by atoms with Crippen LogP contribution in [0.1, 0.15) is 23.2 Å². The Labute approximate surface area is 114 Å². The molecule has 0 atom stereocenters. The molecule has 5 nitrogen and oxygen atoms in total. The summed E-state index contributed by atoms with van der Waals surface area (Å²) in [5, 5.41) is 8.52. The van der Waals surface area contributed by atoms with Gasteiger partial charge in [-0.25, -0.2) is 17.6 Å². The van der Waals surface area contributed by atoms with Gasteiger partial charge in [0.15, 0.2) is 0 Å². The normalized spacial score (nSPS) is 15.3. The maximum absolute atomic E-state index is 13.4. The van der Waals surface area contributed by atoms with E-state index in [2.05, 4.69) is 0 Å². The quantitative estimate of drug-likeness (QED) is 0.924. The van der Waals surface area contributed by atoms with Gasteiger partial charge in [0.2, 0.25) is 10.0 Å². The van der Waals surface area contributed by atoms with Gasteiger partial charge >= 0.3 is 5.97 Å². The number of nitrogens with zero attached hydrogens (tertiary/aromatic N) is 1. The van der Waals surface area contributed by atoms with Crippen molar-refractivity contribution in [3.63, 3.8) is 0 Å². The highest BCUT2D eigenvalue weighted by atomic mass is 35.5. The van der Waals surface area contributed by atoms with E-state index >= 15 is 0 Å². The zero-order valence-electron chi connectivity index (χ0n) is 9.93. The van der Waals surface area contributed by atoms with E-state index in [9.17, 15) is 17.6 Å². The van der Waals surface area contributed by atoms with E-state index in [0.717, 1.165) is 16.6 Å². The number of hydrogen-bond acceptors (Lipinski definition) is 3. The van der Waals surface area contributed by atoms with Crippen molar-refractivity contribution in [3.8, 4) is 0 Å². The summed E-state index contributed by atoms with van der Waals surface area (Å²) in [5.41, 5.74) is -0.709. The van der Waals surface area contributed by atoms with Gasteiger partial charge in [-0.15, -0.1) is 0 Å². The Morgan fingerprint density at radius 3 is 2.47 bits per heavy atom. The van der Waals surface area contributed by atoms with Crippen molar-refractivity contribution in [1.82, 2.24) is 0 Å². The first-order valence-corrected chi connectivity index (χ1v) is 7.67. The molecule has 104 valence electrons. The van der Waals surface area contributed by atoms with Crippen LogP contribution in [0.3, 0.4) is 0 Å². The van der Waals surface area contributed by atoms with Crippen molar-refractivity contribution in [1.29, 1.82) is 0 Å². The molecule has 0 bridgehead atoms. The molecule has 1 aliphatic rings. The van der Waals surface area contributed by atoms with Gasteiger partial charge in [-0.3, -0.25) is 4.31 Å². The molecule has 1 aromatic carbocycles. The molecule has 0 unspecified atom stereocenters. The van der Waals surface area contributed by atoms with Crippen LogP contribution in [0.25, 0.3) is 0 Å². The topological polar surface area (TPSA) is 74.7 Å². The van der Waals surface area contributed by atoms with Crippen molar-refractivity contribution >= 4 is 33.3 Å². The van der Waals surface area contributed by atoms with Crippen LogP contribution in [0.15, 0.2) is 12.1 Å². The molecule has 0 amide bonds. The highest BCUT2D eigenvalue weighted by molar-refractivity contribution is 7.92. The molecule has 19 heavy (non-hydrogen) atoms. The van der Waals surface area contributed by atoms with Gasteiger partial charge < -0.3 is 5.11 Å². The third-order valence-corrected chi connectivity index (χ3v) is 4.35. The first-order valence-electron chi connectivity index (χ1n) is 5.44. The maximum atomic E-state index is 13.4. The highest BCUT2D eigenvalue weighted by Gasteiger charge is 2.37. The Bertz CT molecular complexity index is 642. The fourth-order valence-corrected chi connectivity index (χ4v) is 3.50. The second-order valence-electron chi connectivity index (χ2n) is 4.35. The largest absolute Gasteiger partial charge is 0.478 e. The molecule has 1 aromatic rings. The van der Waals surface area contributed by atoms with Gasteiger partial charge in [-0.05, 0) is 25.0 Å². The predicted molar refractivity (Wildman–Crippen MR) is 68.7 cm³/mol. The fraction of sp³-hybridized carbons (Fsp3) is 0.364. The third kappa shape index (κ3) is 2.66. The number of aromatic carboxylic acids is 1. The SMILES string of the molecule is CS(=O)(=O)N(c1ccc(F)c(C(=O)O)c1Cl)C1CC1. The predicted octanol–water partition coefficient (Wildman–Crippen LogP) is 2.11. The maximum Gasteiger partial charge on any atom is 0.340 e. The third-order valence-electron chi connectivity index (χ3n) is 2.76. The number of halogens is 2. The second kappa shape index (κ2) is 4.64. The minimum Gasteiger partial charge on any atom is -0.478 e. The van der Waals surface area contributed by atoms with Crippen LogP contribution in [0, 0.1) is 5.82 Å². The number of carbonyl (C=O) groups is 1. The molecular weight excluding hydrogens is 297 g/mol. The first-order chi connectivity index (χ1) is 8.73. The Morgan fingerprint density at radius 2 is 2.05 bits per heavy atom. The van der Waals surface area contributed by atoms with Gasteiger partial charge in [-0.1, -0.05) is 11.6 Å². The Kier molecular flexibility index (Phi) is 3.44. The standard InChI is InChI=1S/C11H11ClFNO4S/c1-19(17,18)14(6-2-3-6)8-5-4-7(13)9(10(8)12)11(15)16/h4-6H,2-3H2,1H3,(H,15,16). The van der Waals surface area contributed by atoms with Crippen LogP contribution in [0.5, 0.6) is 0 Å². The zero-order valence-corrected chi connectivity index (χ0v) is 11.5. The summed E-state index contributed by atoms with van der Waals surface area (Å²) in [4.78, 5) is 11.0. The van der Waals surface area contributed by atoms with E-state index in [1.54, 1.807) is 0 Å². The van der Waals surface area contributed by atoms with Gasteiger partial charge in [-0.2, -0.15) is 0 Å². The van der Waals surface area contributed by atoms with Crippen molar-refractivity contribution in [2.45, 2.75) is 18.9 Å². The average molecular weight is 308 g/mol. The Morgan fingerprint density at radius 1 is 1.47 bits per heavy atom. The molecule has 0 aliphatic heterocycles. The molecule has 0 spiro atoms.